The van der Waals surface area contributed by atoms with E-state index in [0.29, 0.717) is 19.4 Å². The molecule has 1 aromatic carbocycles. The van der Waals surface area contributed by atoms with E-state index in [2.05, 4.69) is 5.32 Å². The molecule has 2 rings (SSSR count). The van der Waals surface area contributed by atoms with Crippen molar-refractivity contribution >= 4 is 11.9 Å². The summed E-state index contributed by atoms with van der Waals surface area (Å²) in [5, 5.41) is 11.9. The van der Waals surface area contributed by atoms with Crippen LogP contribution in [-0.4, -0.2) is 35.7 Å². The second-order valence-corrected chi connectivity index (χ2v) is 6.34. The summed E-state index contributed by atoms with van der Waals surface area (Å²) >= 11 is 0. The van der Waals surface area contributed by atoms with Gasteiger partial charge in [0, 0.05) is 6.54 Å². The SMILES string of the molecule is CCC(OC1CCCCC1)C(=O)NCCc1cccc(C(=O)O)c1. The van der Waals surface area contributed by atoms with Crippen molar-refractivity contribution in [3.05, 3.63) is 35.4 Å². The number of carboxylic acids is 1. The number of carboxylic acid groups (broad SMARTS) is 1. The molecule has 0 saturated heterocycles. The smallest absolute Gasteiger partial charge is 0.335 e. The summed E-state index contributed by atoms with van der Waals surface area (Å²) in [5.41, 5.74) is 1.17. The molecule has 0 aromatic heterocycles. The maximum atomic E-state index is 12.3. The lowest BCUT2D eigenvalue weighted by Gasteiger charge is -2.26. The third-order valence-corrected chi connectivity index (χ3v) is 4.46. The molecule has 0 spiro atoms. The Bertz CT molecular complexity index is 552. The Balaban J connectivity index is 1.78. The van der Waals surface area contributed by atoms with Crippen LogP contribution in [0, 0.1) is 0 Å². The van der Waals surface area contributed by atoms with Crippen molar-refractivity contribution in [3.8, 4) is 0 Å². The largest absolute Gasteiger partial charge is 0.478 e. The number of nitrogens with one attached hydrogen (secondary N) is 1. The molecule has 2 N–H and O–H groups in total. The molecular formula is C19H27NO4. The molecule has 1 amide bonds. The van der Waals surface area contributed by atoms with Crippen LogP contribution in [0.1, 0.15) is 61.4 Å². The lowest BCUT2D eigenvalue weighted by atomic mass is 9.97. The molecule has 0 bridgehead atoms. The number of amides is 1. The quantitative estimate of drug-likeness (QED) is 0.766. The maximum absolute atomic E-state index is 12.3. The molecule has 132 valence electrons. The molecule has 5 heteroatoms. The van der Waals surface area contributed by atoms with Gasteiger partial charge >= 0.3 is 5.97 Å². The van der Waals surface area contributed by atoms with Gasteiger partial charge in [0.25, 0.3) is 0 Å². The number of ether oxygens (including phenoxy) is 1. The normalized spacial score (nSPS) is 16.5. The fraction of sp³-hybridized carbons (Fsp3) is 0.579. The predicted molar refractivity (Wildman–Crippen MR) is 92.2 cm³/mol. The standard InChI is InChI=1S/C19H27NO4/c1-2-17(24-16-9-4-3-5-10-16)18(21)20-12-11-14-7-6-8-15(13-14)19(22)23/h6-8,13,16-17H,2-5,9-12H2,1H3,(H,20,21)(H,22,23). The first-order valence-electron chi connectivity index (χ1n) is 8.85. The number of hydrogen-bond donors (Lipinski definition) is 2. The zero-order valence-electron chi connectivity index (χ0n) is 14.3. The fourth-order valence-corrected chi connectivity index (χ4v) is 3.08. The number of aromatic carboxylic acids is 1. The molecule has 1 unspecified atom stereocenters. The first-order chi connectivity index (χ1) is 11.6. The Morgan fingerprint density at radius 2 is 2.04 bits per heavy atom. The van der Waals surface area contributed by atoms with Gasteiger partial charge in [-0.25, -0.2) is 4.79 Å². The molecule has 1 aliphatic carbocycles. The van der Waals surface area contributed by atoms with Crippen molar-refractivity contribution in [2.75, 3.05) is 6.54 Å². The van der Waals surface area contributed by atoms with E-state index in [-0.39, 0.29) is 17.6 Å². The number of hydrogen-bond acceptors (Lipinski definition) is 3. The number of rotatable bonds is 8. The Morgan fingerprint density at radius 1 is 1.29 bits per heavy atom. The molecule has 1 saturated carbocycles. The summed E-state index contributed by atoms with van der Waals surface area (Å²) in [6.07, 6.45) is 6.81. The summed E-state index contributed by atoms with van der Waals surface area (Å²) in [5.74, 6) is -1.01. The van der Waals surface area contributed by atoms with Gasteiger partial charge in [0.15, 0.2) is 0 Å². The predicted octanol–water partition coefficient (Wildman–Crippen LogP) is 3.17. The molecule has 5 nitrogen and oxygen atoms in total. The Labute approximate surface area is 143 Å². The number of carbonyl (C=O) groups excluding carboxylic acids is 1. The number of carbonyl (C=O) groups is 2. The van der Waals surface area contributed by atoms with E-state index in [9.17, 15) is 9.59 Å². The van der Waals surface area contributed by atoms with Gasteiger partial charge in [0.05, 0.1) is 11.7 Å². The minimum absolute atomic E-state index is 0.0718. The van der Waals surface area contributed by atoms with Crippen molar-refractivity contribution in [1.29, 1.82) is 0 Å². The minimum Gasteiger partial charge on any atom is -0.478 e. The second-order valence-electron chi connectivity index (χ2n) is 6.34. The van der Waals surface area contributed by atoms with Gasteiger partial charge in [-0.15, -0.1) is 0 Å². The van der Waals surface area contributed by atoms with Gasteiger partial charge in [-0.3, -0.25) is 4.79 Å². The zero-order valence-corrected chi connectivity index (χ0v) is 14.3. The maximum Gasteiger partial charge on any atom is 0.335 e. The van der Waals surface area contributed by atoms with Gasteiger partial charge < -0.3 is 15.2 Å². The zero-order chi connectivity index (χ0) is 17.4. The van der Waals surface area contributed by atoms with Crippen LogP contribution in [0.25, 0.3) is 0 Å². The first kappa shape index (κ1) is 18.5. The van der Waals surface area contributed by atoms with Crippen LogP contribution in [0.2, 0.25) is 0 Å². The van der Waals surface area contributed by atoms with Gasteiger partial charge in [0.1, 0.15) is 6.10 Å². The molecule has 1 fully saturated rings. The highest BCUT2D eigenvalue weighted by Gasteiger charge is 2.23. The molecule has 1 atom stereocenters. The highest BCUT2D eigenvalue weighted by Crippen LogP contribution is 2.22. The van der Waals surface area contributed by atoms with Gasteiger partial charge in [-0.2, -0.15) is 0 Å². The summed E-state index contributed by atoms with van der Waals surface area (Å²) < 4.78 is 5.97. The average Bonchev–Trinajstić information content (AvgIpc) is 2.60. The third kappa shape index (κ3) is 5.64. The average molecular weight is 333 g/mol. The van der Waals surface area contributed by atoms with Crippen molar-refractivity contribution in [3.63, 3.8) is 0 Å². The molecule has 24 heavy (non-hydrogen) atoms. The van der Waals surface area contributed by atoms with E-state index in [1.54, 1.807) is 18.2 Å². The van der Waals surface area contributed by atoms with E-state index in [1.165, 1.54) is 19.3 Å². The topological polar surface area (TPSA) is 75.6 Å². The van der Waals surface area contributed by atoms with E-state index >= 15 is 0 Å². The molecular weight excluding hydrogens is 306 g/mol. The van der Waals surface area contributed by atoms with E-state index in [0.717, 1.165) is 18.4 Å². The molecule has 0 aliphatic heterocycles. The first-order valence-corrected chi connectivity index (χ1v) is 8.85. The summed E-state index contributed by atoms with van der Waals surface area (Å²) in [7, 11) is 0. The molecule has 1 aromatic rings. The van der Waals surface area contributed by atoms with E-state index in [1.807, 2.05) is 13.0 Å². The van der Waals surface area contributed by atoms with Gasteiger partial charge in [-0.1, -0.05) is 38.3 Å². The van der Waals surface area contributed by atoms with E-state index in [4.69, 9.17) is 9.84 Å². The Kier molecular flexibility index (Phi) is 7.25. The summed E-state index contributed by atoms with van der Waals surface area (Å²) in [6, 6.07) is 6.80. The van der Waals surface area contributed by atoms with Gasteiger partial charge in [0.2, 0.25) is 5.91 Å². The monoisotopic (exact) mass is 333 g/mol. The highest BCUT2D eigenvalue weighted by molar-refractivity contribution is 5.87. The van der Waals surface area contributed by atoms with Crippen molar-refractivity contribution in [1.82, 2.24) is 5.32 Å². The lowest BCUT2D eigenvalue weighted by molar-refractivity contribution is -0.138. The van der Waals surface area contributed by atoms with Crippen molar-refractivity contribution in [2.24, 2.45) is 0 Å². The summed E-state index contributed by atoms with van der Waals surface area (Å²) in [4.78, 5) is 23.2. The fourth-order valence-electron chi connectivity index (χ4n) is 3.08. The summed E-state index contributed by atoms with van der Waals surface area (Å²) in [6.45, 7) is 2.44. The van der Waals surface area contributed by atoms with Crippen LogP contribution < -0.4 is 5.32 Å². The molecule has 1 aliphatic rings. The van der Waals surface area contributed by atoms with Crippen LogP contribution in [0.15, 0.2) is 24.3 Å². The van der Waals surface area contributed by atoms with Crippen molar-refractivity contribution < 1.29 is 19.4 Å². The highest BCUT2D eigenvalue weighted by atomic mass is 16.5. The van der Waals surface area contributed by atoms with E-state index < -0.39 is 12.1 Å². The van der Waals surface area contributed by atoms with Crippen LogP contribution >= 0.6 is 0 Å². The van der Waals surface area contributed by atoms with Gasteiger partial charge in [-0.05, 0) is 43.4 Å². The Hall–Kier alpha value is -1.88. The van der Waals surface area contributed by atoms with Crippen LogP contribution in [0.5, 0.6) is 0 Å². The molecule has 0 heterocycles. The third-order valence-electron chi connectivity index (χ3n) is 4.46. The second kappa shape index (κ2) is 9.42. The van der Waals surface area contributed by atoms with Crippen LogP contribution in [0.4, 0.5) is 0 Å². The van der Waals surface area contributed by atoms with Crippen LogP contribution in [-0.2, 0) is 16.0 Å². The Morgan fingerprint density at radius 3 is 2.71 bits per heavy atom. The lowest BCUT2D eigenvalue weighted by Crippen LogP contribution is -2.39. The van der Waals surface area contributed by atoms with Crippen LogP contribution in [0.3, 0.4) is 0 Å². The molecule has 0 radical (unpaired) electrons. The number of benzene rings is 1. The minimum atomic E-state index is -0.937. The van der Waals surface area contributed by atoms with Crippen molar-refractivity contribution in [2.45, 2.75) is 64.1 Å².